The van der Waals surface area contributed by atoms with E-state index >= 15 is 0 Å². The fourth-order valence-corrected chi connectivity index (χ4v) is 8.35. The lowest BCUT2D eigenvalue weighted by Gasteiger charge is -2.20. The van der Waals surface area contributed by atoms with Crippen molar-refractivity contribution in [2.45, 2.75) is 309 Å². The predicted molar refractivity (Wildman–Crippen MR) is 258 cm³/mol. The van der Waals surface area contributed by atoms with Gasteiger partial charge >= 0.3 is 0 Å². The van der Waals surface area contributed by atoms with Gasteiger partial charge < -0.3 is 15.5 Å². The fraction of sp³-hybridized carbons (Fsp3) is 0.907. The molecule has 0 saturated carbocycles. The number of nitrogens with one attached hydrogen (secondary N) is 1. The molecule has 0 aromatic rings. The quantitative estimate of drug-likeness (QED) is 0.0423. The molecular formula is C54H105NO3. The Kier molecular flexibility index (Phi) is 49.2. The number of amides is 1. The zero-order valence-corrected chi connectivity index (χ0v) is 39.6. The molecule has 0 aliphatic heterocycles. The van der Waals surface area contributed by atoms with Gasteiger partial charge in [-0.15, -0.1) is 0 Å². The average Bonchev–Trinajstić information content (AvgIpc) is 3.23. The first-order chi connectivity index (χ1) is 28.7. The van der Waals surface area contributed by atoms with Crippen molar-refractivity contribution in [2.24, 2.45) is 0 Å². The second kappa shape index (κ2) is 50.2. The highest BCUT2D eigenvalue weighted by atomic mass is 16.3. The molecule has 0 rings (SSSR count). The average molecular weight is 816 g/mol. The van der Waals surface area contributed by atoms with Gasteiger partial charge in [0.2, 0.25) is 5.91 Å². The summed E-state index contributed by atoms with van der Waals surface area (Å²) in [5.41, 5.74) is 0. The van der Waals surface area contributed by atoms with Crippen LogP contribution >= 0.6 is 0 Å². The SMILES string of the molecule is CCCCCCCCCC/C=C\CCCCCCCCCCCCCCCC(=O)NC(CO)C(O)/C=C/CCCCCCCCCCCCCCCCCCCCC. The molecule has 0 fully saturated rings. The minimum absolute atomic E-state index is 0.0594. The molecule has 4 heteroatoms. The van der Waals surface area contributed by atoms with Crippen LogP contribution in [0.5, 0.6) is 0 Å². The third-order valence-electron chi connectivity index (χ3n) is 12.4. The second-order valence-electron chi connectivity index (χ2n) is 18.3. The third kappa shape index (κ3) is 45.9. The maximum Gasteiger partial charge on any atom is 0.220 e. The Hall–Kier alpha value is -1.13. The molecule has 0 aliphatic rings. The van der Waals surface area contributed by atoms with Crippen LogP contribution in [0.15, 0.2) is 24.3 Å². The highest BCUT2D eigenvalue weighted by Crippen LogP contribution is 2.17. The van der Waals surface area contributed by atoms with E-state index < -0.39 is 12.1 Å². The molecular weight excluding hydrogens is 711 g/mol. The van der Waals surface area contributed by atoms with Crippen molar-refractivity contribution in [1.82, 2.24) is 5.32 Å². The maximum absolute atomic E-state index is 12.5. The Morgan fingerprint density at radius 2 is 0.655 bits per heavy atom. The van der Waals surface area contributed by atoms with Crippen molar-refractivity contribution < 1.29 is 15.0 Å². The predicted octanol–water partition coefficient (Wildman–Crippen LogP) is 17.1. The van der Waals surface area contributed by atoms with Crippen molar-refractivity contribution in [3.05, 3.63) is 24.3 Å². The number of aliphatic hydroxyl groups is 2. The summed E-state index contributed by atoms with van der Waals surface area (Å²) >= 11 is 0. The maximum atomic E-state index is 12.5. The molecule has 2 atom stereocenters. The summed E-state index contributed by atoms with van der Waals surface area (Å²) in [4.78, 5) is 12.5. The molecule has 3 N–H and O–H groups in total. The zero-order valence-electron chi connectivity index (χ0n) is 39.6. The molecule has 0 aromatic carbocycles. The number of carbonyl (C=O) groups is 1. The van der Waals surface area contributed by atoms with Crippen LogP contribution in [0, 0.1) is 0 Å². The standard InChI is InChI=1S/C54H105NO3/c1-3-5-7-9-11-13-15-17-19-21-23-25-26-27-28-30-32-34-36-38-40-42-44-46-48-50-54(58)55-52(51-56)53(57)49-47-45-43-41-39-37-35-33-31-29-24-22-20-18-16-14-12-10-8-6-4-2/h21,23,47,49,52-53,56-57H,3-20,22,24-46,48,50-51H2,1-2H3,(H,55,58)/b23-21-,49-47+. The lowest BCUT2D eigenvalue weighted by atomic mass is 10.0. The van der Waals surface area contributed by atoms with Crippen molar-refractivity contribution in [3.8, 4) is 0 Å². The van der Waals surface area contributed by atoms with E-state index in [4.69, 9.17) is 0 Å². The topological polar surface area (TPSA) is 69.6 Å². The number of carbonyl (C=O) groups excluding carboxylic acids is 1. The van der Waals surface area contributed by atoms with Crippen LogP contribution < -0.4 is 5.32 Å². The molecule has 1 amide bonds. The molecule has 344 valence electrons. The summed E-state index contributed by atoms with van der Waals surface area (Å²) in [6.07, 6.45) is 66.1. The molecule has 0 aliphatic carbocycles. The largest absolute Gasteiger partial charge is 0.394 e. The molecule has 0 saturated heterocycles. The molecule has 0 aromatic heterocycles. The monoisotopic (exact) mass is 816 g/mol. The summed E-state index contributed by atoms with van der Waals surface area (Å²) in [7, 11) is 0. The van der Waals surface area contributed by atoms with E-state index in [9.17, 15) is 15.0 Å². The van der Waals surface area contributed by atoms with Crippen LogP contribution in [-0.2, 0) is 4.79 Å². The number of hydrogen-bond acceptors (Lipinski definition) is 3. The number of aliphatic hydroxyl groups excluding tert-OH is 2. The fourth-order valence-electron chi connectivity index (χ4n) is 8.35. The smallest absolute Gasteiger partial charge is 0.220 e. The Morgan fingerprint density at radius 1 is 0.397 bits per heavy atom. The summed E-state index contributed by atoms with van der Waals surface area (Å²) in [6, 6.07) is -0.620. The van der Waals surface area contributed by atoms with E-state index in [1.165, 1.54) is 250 Å². The first-order valence-corrected chi connectivity index (χ1v) is 26.6. The zero-order chi connectivity index (χ0) is 42.1. The normalized spacial score (nSPS) is 13.0. The van der Waals surface area contributed by atoms with Crippen molar-refractivity contribution in [2.75, 3.05) is 6.61 Å². The molecule has 0 bridgehead atoms. The van der Waals surface area contributed by atoms with E-state index in [1.54, 1.807) is 6.08 Å². The van der Waals surface area contributed by atoms with E-state index in [-0.39, 0.29) is 12.5 Å². The van der Waals surface area contributed by atoms with Crippen LogP contribution in [-0.4, -0.2) is 34.9 Å². The van der Waals surface area contributed by atoms with Gasteiger partial charge in [0, 0.05) is 6.42 Å². The minimum atomic E-state index is -0.837. The molecule has 2 unspecified atom stereocenters. The first-order valence-electron chi connectivity index (χ1n) is 26.6. The Balaban J connectivity index is 3.49. The van der Waals surface area contributed by atoms with Crippen LogP contribution in [0.3, 0.4) is 0 Å². The summed E-state index contributed by atoms with van der Waals surface area (Å²) in [6.45, 7) is 4.34. The number of rotatable bonds is 49. The van der Waals surface area contributed by atoms with Crippen LogP contribution in [0.1, 0.15) is 296 Å². The van der Waals surface area contributed by atoms with Gasteiger partial charge in [0.15, 0.2) is 0 Å². The molecule has 0 heterocycles. The van der Waals surface area contributed by atoms with Crippen LogP contribution in [0.25, 0.3) is 0 Å². The van der Waals surface area contributed by atoms with E-state index in [1.807, 2.05) is 6.08 Å². The molecule has 0 spiro atoms. The number of hydrogen-bond donors (Lipinski definition) is 3. The van der Waals surface area contributed by atoms with Gasteiger partial charge in [-0.25, -0.2) is 0 Å². The second-order valence-corrected chi connectivity index (χ2v) is 18.3. The van der Waals surface area contributed by atoms with Gasteiger partial charge in [0.1, 0.15) is 0 Å². The van der Waals surface area contributed by atoms with Gasteiger partial charge in [-0.3, -0.25) is 4.79 Å². The Labute approximate surface area is 364 Å². The summed E-state index contributed by atoms with van der Waals surface area (Å²) in [5.74, 6) is -0.0594. The lowest BCUT2D eigenvalue weighted by molar-refractivity contribution is -0.123. The highest BCUT2D eigenvalue weighted by molar-refractivity contribution is 5.76. The summed E-state index contributed by atoms with van der Waals surface area (Å²) in [5, 5.41) is 23.1. The van der Waals surface area contributed by atoms with Gasteiger partial charge in [0.25, 0.3) is 0 Å². The van der Waals surface area contributed by atoms with Crippen molar-refractivity contribution in [1.29, 1.82) is 0 Å². The van der Waals surface area contributed by atoms with E-state index in [0.717, 1.165) is 25.7 Å². The third-order valence-corrected chi connectivity index (χ3v) is 12.4. The minimum Gasteiger partial charge on any atom is -0.394 e. The van der Waals surface area contributed by atoms with Crippen LogP contribution in [0.4, 0.5) is 0 Å². The number of unbranched alkanes of at least 4 members (excludes halogenated alkanes) is 40. The van der Waals surface area contributed by atoms with E-state index in [0.29, 0.717) is 6.42 Å². The van der Waals surface area contributed by atoms with Gasteiger partial charge in [-0.05, 0) is 44.9 Å². The highest BCUT2D eigenvalue weighted by Gasteiger charge is 2.18. The molecule has 58 heavy (non-hydrogen) atoms. The van der Waals surface area contributed by atoms with Crippen LogP contribution in [0.2, 0.25) is 0 Å². The molecule has 0 radical (unpaired) electrons. The Morgan fingerprint density at radius 3 is 0.948 bits per heavy atom. The van der Waals surface area contributed by atoms with Gasteiger partial charge in [-0.2, -0.15) is 0 Å². The van der Waals surface area contributed by atoms with E-state index in [2.05, 4.69) is 31.3 Å². The van der Waals surface area contributed by atoms with Gasteiger partial charge in [0.05, 0.1) is 18.8 Å². The van der Waals surface area contributed by atoms with Gasteiger partial charge in [-0.1, -0.05) is 269 Å². The summed E-state index contributed by atoms with van der Waals surface area (Å²) < 4.78 is 0. The number of allylic oxidation sites excluding steroid dienone is 3. The first kappa shape index (κ1) is 56.9. The molecule has 4 nitrogen and oxygen atoms in total. The lowest BCUT2D eigenvalue weighted by Crippen LogP contribution is -2.45. The van der Waals surface area contributed by atoms with Crippen molar-refractivity contribution in [3.63, 3.8) is 0 Å². The Bertz CT molecular complexity index is 840. The van der Waals surface area contributed by atoms with Crippen molar-refractivity contribution >= 4 is 5.91 Å².